The van der Waals surface area contributed by atoms with Gasteiger partial charge in [-0.25, -0.2) is 0 Å². The summed E-state index contributed by atoms with van der Waals surface area (Å²) in [5.41, 5.74) is 1.78. The Morgan fingerprint density at radius 3 is 3.06 bits per heavy atom. The summed E-state index contributed by atoms with van der Waals surface area (Å²) in [5, 5.41) is 7.66. The Bertz CT molecular complexity index is 551. The van der Waals surface area contributed by atoms with Gasteiger partial charge >= 0.3 is 0 Å². The second-order valence-corrected chi connectivity index (χ2v) is 4.39. The van der Waals surface area contributed by atoms with Crippen LogP contribution in [0.15, 0.2) is 36.7 Å². The number of carbonyl (C=O) groups is 1. The van der Waals surface area contributed by atoms with Crippen LogP contribution in [0, 0.1) is 0 Å². The van der Waals surface area contributed by atoms with E-state index in [1.54, 1.807) is 17.1 Å². The molecule has 0 spiro atoms. The summed E-state index contributed by atoms with van der Waals surface area (Å²) in [4.78, 5) is 11.2. The summed E-state index contributed by atoms with van der Waals surface area (Å²) < 4.78 is 1.76. The average molecular weight is 264 g/mol. The van der Waals surface area contributed by atoms with Crippen molar-refractivity contribution in [3.8, 4) is 0 Å². The van der Waals surface area contributed by atoms with Crippen LogP contribution in [-0.2, 0) is 11.3 Å². The lowest BCUT2D eigenvalue weighted by molar-refractivity contribution is -0.115. The topological polar surface area (TPSA) is 46.9 Å². The van der Waals surface area contributed by atoms with E-state index in [1.165, 1.54) is 0 Å². The second-order valence-electron chi connectivity index (χ2n) is 3.96. The van der Waals surface area contributed by atoms with Crippen molar-refractivity contribution >= 4 is 23.2 Å². The van der Waals surface area contributed by atoms with Crippen molar-refractivity contribution in [2.45, 2.75) is 19.9 Å². The quantitative estimate of drug-likeness (QED) is 0.922. The van der Waals surface area contributed by atoms with E-state index in [1.807, 2.05) is 31.2 Å². The molecule has 0 unspecified atom stereocenters. The van der Waals surface area contributed by atoms with E-state index in [4.69, 9.17) is 11.6 Å². The number of benzene rings is 1. The molecule has 0 aliphatic rings. The zero-order chi connectivity index (χ0) is 13.0. The third-order valence-corrected chi connectivity index (χ3v) is 2.71. The largest absolute Gasteiger partial charge is 0.323 e. The van der Waals surface area contributed by atoms with Crippen molar-refractivity contribution in [3.63, 3.8) is 0 Å². The minimum Gasteiger partial charge on any atom is -0.323 e. The summed E-state index contributed by atoms with van der Waals surface area (Å²) >= 11 is 5.92. The number of hydrogen-bond donors (Lipinski definition) is 1. The van der Waals surface area contributed by atoms with Crippen LogP contribution < -0.4 is 5.32 Å². The molecule has 4 nitrogen and oxygen atoms in total. The van der Waals surface area contributed by atoms with Crippen molar-refractivity contribution in [1.82, 2.24) is 9.78 Å². The zero-order valence-corrected chi connectivity index (χ0v) is 10.8. The highest BCUT2D eigenvalue weighted by Gasteiger charge is 2.03. The van der Waals surface area contributed by atoms with Crippen molar-refractivity contribution in [2.24, 2.45) is 0 Å². The molecule has 0 atom stereocenters. The predicted octanol–water partition coefficient (Wildman–Crippen LogP) is 2.93. The number of anilines is 1. The number of halogens is 1. The Labute approximate surface area is 111 Å². The molecular weight excluding hydrogens is 250 g/mol. The van der Waals surface area contributed by atoms with Gasteiger partial charge in [-0.2, -0.15) is 5.10 Å². The first-order valence-corrected chi connectivity index (χ1v) is 6.12. The molecule has 94 valence electrons. The molecule has 2 rings (SSSR count). The van der Waals surface area contributed by atoms with Gasteiger partial charge in [0.05, 0.1) is 18.4 Å². The number of nitrogens with one attached hydrogen (secondary N) is 1. The van der Waals surface area contributed by atoms with Gasteiger partial charge in [0.1, 0.15) is 0 Å². The normalized spacial score (nSPS) is 10.3. The minimum atomic E-state index is -0.0164. The van der Waals surface area contributed by atoms with Crippen molar-refractivity contribution in [2.75, 3.05) is 5.32 Å². The first-order valence-electron chi connectivity index (χ1n) is 5.74. The van der Waals surface area contributed by atoms with Gasteiger partial charge in [0, 0.05) is 17.6 Å². The fourth-order valence-corrected chi connectivity index (χ4v) is 1.80. The number of amides is 1. The van der Waals surface area contributed by atoms with Crippen LogP contribution in [0.3, 0.4) is 0 Å². The molecule has 0 saturated carbocycles. The van der Waals surface area contributed by atoms with Crippen LogP contribution in [0.2, 0.25) is 5.02 Å². The van der Waals surface area contributed by atoms with E-state index in [-0.39, 0.29) is 5.91 Å². The SMILES string of the molecule is CCC(=O)Nc1cnn(Cc2cccc(Cl)c2)c1. The van der Waals surface area contributed by atoms with Gasteiger partial charge in [-0.15, -0.1) is 0 Å². The average Bonchev–Trinajstić information content (AvgIpc) is 2.76. The molecule has 1 aromatic heterocycles. The molecule has 0 saturated heterocycles. The monoisotopic (exact) mass is 263 g/mol. The Hall–Kier alpha value is -1.81. The fraction of sp³-hybridized carbons (Fsp3) is 0.231. The number of carbonyl (C=O) groups excluding carboxylic acids is 1. The van der Waals surface area contributed by atoms with Gasteiger partial charge in [-0.3, -0.25) is 9.48 Å². The highest BCUT2D eigenvalue weighted by atomic mass is 35.5. The van der Waals surface area contributed by atoms with E-state index in [0.29, 0.717) is 23.7 Å². The van der Waals surface area contributed by atoms with Gasteiger partial charge in [-0.05, 0) is 17.7 Å². The van der Waals surface area contributed by atoms with Crippen molar-refractivity contribution in [1.29, 1.82) is 0 Å². The third-order valence-electron chi connectivity index (χ3n) is 2.47. The second kappa shape index (κ2) is 5.69. The van der Waals surface area contributed by atoms with E-state index < -0.39 is 0 Å². The lowest BCUT2D eigenvalue weighted by Gasteiger charge is -2.02. The number of aromatic nitrogens is 2. The third kappa shape index (κ3) is 3.34. The fourth-order valence-electron chi connectivity index (χ4n) is 1.59. The maximum absolute atomic E-state index is 11.2. The van der Waals surface area contributed by atoms with Crippen LogP contribution in [0.25, 0.3) is 0 Å². The van der Waals surface area contributed by atoms with E-state index in [2.05, 4.69) is 10.4 Å². The maximum Gasteiger partial charge on any atom is 0.224 e. The van der Waals surface area contributed by atoms with Crippen LogP contribution in [0.4, 0.5) is 5.69 Å². The van der Waals surface area contributed by atoms with Crippen LogP contribution >= 0.6 is 11.6 Å². The summed E-state index contributed by atoms with van der Waals surface area (Å²) in [6.45, 7) is 2.44. The van der Waals surface area contributed by atoms with E-state index >= 15 is 0 Å². The Morgan fingerprint density at radius 1 is 1.50 bits per heavy atom. The molecule has 1 N–H and O–H groups in total. The Balaban J connectivity index is 2.04. The Kier molecular flexibility index (Phi) is 3.99. The molecule has 0 bridgehead atoms. The molecule has 18 heavy (non-hydrogen) atoms. The molecule has 1 aromatic carbocycles. The summed E-state index contributed by atoms with van der Waals surface area (Å²) in [7, 11) is 0. The van der Waals surface area contributed by atoms with Gasteiger partial charge in [-0.1, -0.05) is 30.7 Å². The number of nitrogens with zero attached hydrogens (tertiary/aromatic N) is 2. The number of rotatable bonds is 4. The standard InChI is InChI=1S/C13H14ClN3O/c1-2-13(18)16-12-7-15-17(9-12)8-10-4-3-5-11(14)6-10/h3-7,9H,2,8H2,1H3,(H,16,18). The molecular formula is C13H14ClN3O. The highest BCUT2D eigenvalue weighted by Crippen LogP contribution is 2.13. The van der Waals surface area contributed by atoms with Crippen LogP contribution in [-0.4, -0.2) is 15.7 Å². The smallest absolute Gasteiger partial charge is 0.224 e. The molecule has 5 heteroatoms. The van der Waals surface area contributed by atoms with Crippen molar-refractivity contribution in [3.05, 3.63) is 47.2 Å². The first-order chi connectivity index (χ1) is 8.67. The molecule has 1 heterocycles. The summed E-state index contributed by atoms with van der Waals surface area (Å²) in [6.07, 6.45) is 3.89. The molecule has 2 aromatic rings. The van der Waals surface area contributed by atoms with E-state index in [9.17, 15) is 4.79 Å². The van der Waals surface area contributed by atoms with Gasteiger partial charge < -0.3 is 5.32 Å². The van der Waals surface area contributed by atoms with E-state index in [0.717, 1.165) is 5.56 Å². The highest BCUT2D eigenvalue weighted by molar-refractivity contribution is 6.30. The molecule has 0 aliphatic carbocycles. The molecule has 0 fully saturated rings. The molecule has 1 amide bonds. The number of hydrogen-bond acceptors (Lipinski definition) is 2. The van der Waals surface area contributed by atoms with Crippen LogP contribution in [0.1, 0.15) is 18.9 Å². The summed E-state index contributed by atoms with van der Waals surface area (Å²) in [5.74, 6) is -0.0164. The van der Waals surface area contributed by atoms with Crippen molar-refractivity contribution < 1.29 is 4.79 Å². The minimum absolute atomic E-state index is 0.0164. The Morgan fingerprint density at radius 2 is 2.33 bits per heavy atom. The van der Waals surface area contributed by atoms with Gasteiger partial charge in [0.2, 0.25) is 5.91 Å². The molecule has 0 aliphatic heterocycles. The first kappa shape index (κ1) is 12.6. The zero-order valence-electron chi connectivity index (χ0n) is 10.1. The maximum atomic E-state index is 11.2. The lowest BCUT2D eigenvalue weighted by atomic mass is 10.2. The van der Waals surface area contributed by atoms with Gasteiger partial charge in [0.25, 0.3) is 0 Å². The van der Waals surface area contributed by atoms with Gasteiger partial charge in [0.15, 0.2) is 0 Å². The van der Waals surface area contributed by atoms with Crippen LogP contribution in [0.5, 0.6) is 0 Å². The predicted molar refractivity (Wildman–Crippen MR) is 71.7 cm³/mol. The molecule has 0 radical (unpaired) electrons. The lowest BCUT2D eigenvalue weighted by Crippen LogP contribution is -2.08. The summed E-state index contributed by atoms with van der Waals surface area (Å²) in [6, 6.07) is 7.62.